The maximum Gasteiger partial charge on any atom is 0.270 e. The van der Waals surface area contributed by atoms with Gasteiger partial charge in [-0.25, -0.2) is 0 Å². The Balaban J connectivity index is 2.29. The van der Waals surface area contributed by atoms with Crippen molar-refractivity contribution < 1.29 is 17.3 Å². The van der Waals surface area contributed by atoms with Crippen molar-refractivity contribution in [2.45, 2.75) is 58.2 Å². The van der Waals surface area contributed by atoms with Crippen LogP contribution in [0, 0.1) is 0 Å². The molecule has 0 saturated carbocycles. The van der Waals surface area contributed by atoms with Crippen molar-refractivity contribution >= 4 is 10.1 Å². The van der Waals surface area contributed by atoms with E-state index in [9.17, 15) is 8.42 Å². The molecule has 0 spiro atoms. The van der Waals surface area contributed by atoms with Gasteiger partial charge in [-0.3, -0.25) is 4.18 Å². The van der Waals surface area contributed by atoms with Crippen LogP contribution < -0.4 is 0 Å². The van der Waals surface area contributed by atoms with Crippen LogP contribution in [0.25, 0.3) is 0 Å². The molecule has 0 amide bonds. The summed E-state index contributed by atoms with van der Waals surface area (Å²) in [6, 6.07) is 0. The van der Waals surface area contributed by atoms with Crippen LogP contribution in [0.15, 0.2) is 0 Å². The van der Waals surface area contributed by atoms with Gasteiger partial charge in [-0.05, 0) is 12.8 Å². The molecule has 0 N–H and O–H groups in total. The zero-order chi connectivity index (χ0) is 12.0. The minimum absolute atomic E-state index is 0.0112. The van der Waals surface area contributed by atoms with Crippen LogP contribution in [0.2, 0.25) is 0 Å². The van der Waals surface area contributed by atoms with Crippen LogP contribution in [0.5, 0.6) is 0 Å². The van der Waals surface area contributed by atoms with Crippen LogP contribution in [0.1, 0.15) is 46.0 Å². The second-order valence-electron chi connectivity index (χ2n) is 4.30. The first kappa shape index (κ1) is 13.9. The number of hydrogen-bond donors (Lipinski definition) is 0. The van der Waals surface area contributed by atoms with Crippen LogP contribution in [0.3, 0.4) is 0 Å². The van der Waals surface area contributed by atoms with Gasteiger partial charge in [0.05, 0.1) is 18.8 Å². The lowest BCUT2D eigenvalue weighted by Crippen LogP contribution is -2.22. The fourth-order valence-corrected chi connectivity index (χ4v) is 2.95. The van der Waals surface area contributed by atoms with E-state index in [1.54, 1.807) is 0 Å². The van der Waals surface area contributed by atoms with E-state index in [1.807, 2.05) is 6.92 Å². The molecule has 4 nitrogen and oxygen atoms in total. The highest BCUT2D eigenvalue weighted by Crippen LogP contribution is 2.17. The minimum atomic E-state index is -3.39. The molecule has 0 aromatic heterocycles. The first-order valence-electron chi connectivity index (χ1n) is 6.10. The summed E-state index contributed by atoms with van der Waals surface area (Å²) >= 11 is 0. The van der Waals surface area contributed by atoms with E-state index in [-0.39, 0.29) is 18.0 Å². The highest BCUT2D eigenvalue weighted by molar-refractivity contribution is 7.86. The van der Waals surface area contributed by atoms with Crippen molar-refractivity contribution in [2.24, 2.45) is 0 Å². The van der Waals surface area contributed by atoms with Crippen LogP contribution in [-0.2, 0) is 19.0 Å². The Morgan fingerprint density at radius 2 is 2.06 bits per heavy atom. The third-order valence-electron chi connectivity index (χ3n) is 2.66. The summed E-state index contributed by atoms with van der Waals surface area (Å²) < 4.78 is 33.2. The molecular formula is C11H22O4S. The zero-order valence-electron chi connectivity index (χ0n) is 10.1. The smallest absolute Gasteiger partial charge is 0.270 e. The first-order valence-corrected chi connectivity index (χ1v) is 7.67. The number of unbranched alkanes of at least 4 members (excludes halogenated alkanes) is 2. The van der Waals surface area contributed by atoms with Gasteiger partial charge in [0.25, 0.3) is 10.1 Å². The highest BCUT2D eigenvalue weighted by atomic mass is 32.2. The second kappa shape index (κ2) is 6.57. The van der Waals surface area contributed by atoms with Crippen molar-refractivity contribution in [3.8, 4) is 0 Å². The molecule has 2 unspecified atom stereocenters. The summed E-state index contributed by atoms with van der Waals surface area (Å²) in [5.41, 5.74) is 0. The predicted octanol–water partition coefficient (Wildman–Crippen LogP) is 2.09. The highest BCUT2D eigenvalue weighted by Gasteiger charge is 2.31. The van der Waals surface area contributed by atoms with Crippen LogP contribution in [-0.4, -0.2) is 33.0 Å². The number of ether oxygens (including phenoxy) is 1. The van der Waals surface area contributed by atoms with E-state index < -0.39 is 10.1 Å². The Morgan fingerprint density at radius 3 is 2.56 bits per heavy atom. The predicted molar refractivity (Wildman–Crippen MR) is 62.8 cm³/mol. The van der Waals surface area contributed by atoms with Crippen molar-refractivity contribution in [1.29, 1.82) is 0 Å². The molecular weight excluding hydrogens is 228 g/mol. The molecule has 1 rings (SSSR count). The number of rotatable bonds is 9. The summed E-state index contributed by atoms with van der Waals surface area (Å²) in [6.07, 6.45) is 4.59. The van der Waals surface area contributed by atoms with Crippen LogP contribution >= 0.6 is 0 Å². The largest absolute Gasteiger partial charge is 0.372 e. The molecule has 1 aliphatic rings. The van der Waals surface area contributed by atoms with Gasteiger partial charge in [0.1, 0.15) is 5.75 Å². The molecule has 0 bridgehead atoms. The lowest BCUT2D eigenvalue weighted by molar-refractivity contribution is 0.189. The zero-order valence-corrected chi connectivity index (χ0v) is 11.0. The molecule has 0 aromatic rings. The first-order chi connectivity index (χ1) is 7.57. The van der Waals surface area contributed by atoms with Gasteiger partial charge in [0, 0.05) is 0 Å². The van der Waals surface area contributed by atoms with Crippen molar-refractivity contribution in [1.82, 2.24) is 0 Å². The minimum Gasteiger partial charge on any atom is -0.372 e. The average Bonchev–Trinajstić information content (AvgIpc) is 2.99. The van der Waals surface area contributed by atoms with Gasteiger partial charge in [0.2, 0.25) is 0 Å². The molecule has 0 radical (unpaired) electrons. The van der Waals surface area contributed by atoms with Crippen molar-refractivity contribution in [3.05, 3.63) is 0 Å². The maximum absolute atomic E-state index is 11.6. The van der Waals surface area contributed by atoms with E-state index in [0.717, 1.165) is 32.1 Å². The molecule has 0 aliphatic carbocycles. The number of hydrogen-bond acceptors (Lipinski definition) is 4. The van der Waals surface area contributed by atoms with Gasteiger partial charge in [-0.2, -0.15) is 8.42 Å². The molecule has 5 heteroatoms. The fourth-order valence-electron chi connectivity index (χ4n) is 1.58. The molecule has 1 aliphatic heterocycles. The Bertz CT molecular complexity index is 282. The molecule has 1 saturated heterocycles. The monoisotopic (exact) mass is 250 g/mol. The Kier molecular flexibility index (Phi) is 5.72. The van der Waals surface area contributed by atoms with E-state index >= 15 is 0 Å². The summed E-state index contributed by atoms with van der Waals surface area (Å²) in [6.45, 7) is 4.64. The van der Waals surface area contributed by atoms with Gasteiger partial charge in [0.15, 0.2) is 0 Å². The molecule has 1 fully saturated rings. The summed E-state index contributed by atoms with van der Waals surface area (Å²) in [5.74, 6) is 0.0112. The van der Waals surface area contributed by atoms with Crippen LogP contribution in [0.4, 0.5) is 0 Å². The van der Waals surface area contributed by atoms with Gasteiger partial charge >= 0.3 is 0 Å². The lowest BCUT2D eigenvalue weighted by Gasteiger charge is -2.15. The van der Waals surface area contributed by atoms with E-state index in [0.29, 0.717) is 6.61 Å². The molecule has 0 aromatic carbocycles. The summed E-state index contributed by atoms with van der Waals surface area (Å²) in [5, 5.41) is 0. The van der Waals surface area contributed by atoms with Crippen molar-refractivity contribution in [3.63, 3.8) is 0 Å². The van der Waals surface area contributed by atoms with Gasteiger partial charge in [-0.15, -0.1) is 0 Å². The summed E-state index contributed by atoms with van der Waals surface area (Å²) in [7, 11) is -3.39. The molecule has 2 atom stereocenters. The third kappa shape index (κ3) is 5.82. The topological polar surface area (TPSA) is 55.9 Å². The lowest BCUT2D eigenvalue weighted by atomic mass is 10.1. The Labute approximate surface area is 98.4 Å². The molecule has 16 heavy (non-hydrogen) atoms. The van der Waals surface area contributed by atoms with E-state index in [2.05, 4.69) is 6.92 Å². The second-order valence-corrected chi connectivity index (χ2v) is 5.94. The normalized spacial score (nSPS) is 22.0. The number of epoxide rings is 1. The van der Waals surface area contributed by atoms with Gasteiger partial charge < -0.3 is 4.74 Å². The summed E-state index contributed by atoms with van der Waals surface area (Å²) in [4.78, 5) is 0. The average molecular weight is 250 g/mol. The quantitative estimate of drug-likeness (QED) is 0.357. The van der Waals surface area contributed by atoms with E-state index in [1.165, 1.54) is 0 Å². The Hall–Kier alpha value is -0.130. The SMILES string of the molecule is CCCCCC(CC)OS(=O)(=O)CC1CO1. The standard InChI is InChI=1S/C11H22O4S/c1-3-5-6-7-10(4-2)15-16(12,13)9-11-8-14-11/h10-11H,3-9H2,1-2H3. The van der Waals surface area contributed by atoms with Crippen molar-refractivity contribution in [2.75, 3.05) is 12.4 Å². The maximum atomic E-state index is 11.6. The van der Waals surface area contributed by atoms with Gasteiger partial charge in [-0.1, -0.05) is 33.1 Å². The van der Waals surface area contributed by atoms with E-state index in [4.69, 9.17) is 8.92 Å². The third-order valence-corrected chi connectivity index (χ3v) is 4.01. The molecule has 1 heterocycles. The fraction of sp³-hybridized carbons (Fsp3) is 1.00. The Morgan fingerprint density at radius 1 is 1.38 bits per heavy atom. The molecule has 96 valence electrons.